The highest BCUT2D eigenvalue weighted by atomic mass is 19.1. The Balaban J connectivity index is 1.83. The van der Waals surface area contributed by atoms with E-state index in [1.54, 1.807) is 12.1 Å². The lowest BCUT2D eigenvalue weighted by Gasteiger charge is -2.14. The Bertz CT molecular complexity index is 554. The van der Waals surface area contributed by atoms with Crippen molar-refractivity contribution in [1.29, 1.82) is 0 Å². The Labute approximate surface area is 117 Å². The fourth-order valence-electron chi connectivity index (χ4n) is 1.78. The molecule has 0 heterocycles. The Morgan fingerprint density at radius 3 is 2.45 bits per heavy atom. The molecule has 0 aromatic heterocycles. The number of hydrogen-bond acceptors (Lipinski definition) is 2. The minimum atomic E-state index is -0.495. The van der Waals surface area contributed by atoms with Crippen molar-refractivity contribution in [3.63, 3.8) is 0 Å². The zero-order valence-corrected chi connectivity index (χ0v) is 11.2. The summed E-state index contributed by atoms with van der Waals surface area (Å²) in [5.41, 5.74) is 1.75. The fourth-order valence-corrected chi connectivity index (χ4v) is 1.78. The van der Waals surface area contributed by atoms with Crippen molar-refractivity contribution in [3.8, 4) is 0 Å². The molecule has 1 atom stereocenters. The van der Waals surface area contributed by atoms with Gasteiger partial charge in [0.2, 0.25) is 0 Å². The molecule has 0 aliphatic heterocycles. The molecular formula is C16H16FNO2. The maximum atomic E-state index is 12.8. The lowest BCUT2D eigenvalue weighted by molar-refractivity contribution is 0.136. The van der Waals surface area contributed by atoms with Crippen molar-refractivity contribution < 1.29 is 13.9 Å². The summed E-state index contributed by atoms with van der Waals surface area (Å²) < 4.78 is 17.9. The number of benzene rings is 2. The zero-order valence-electron chi connectivity index (χ0n) is 11.2. The monoisotopic (exact) mass is 273 g/mol. The zero-order chi connectivity index (χ0) is 14.4. The first-order valence-corrected chi connectivity index (χ1v) is 6.38. The third-order valence-electron chi connectivity index (χ3n) is 2.92. The molecular weight excluding hydrogens is 257 g/mol. The normalized spacial score (nSPS) is 11.7. The molecule has 2 aromatic rings. The Morgan fingerprint density at radius 1 is 1.15 bits per heavy atom. The molecule has 0 bridgehead atoms. The summed E-state index contributed by atoms with van der Waals surface area (Å²) in [6.07, 6.45) is -0.495. The number of hydrogen-bond donors (Lipinski definition) is 1. The molecule has 1 amide bonds. The third kappa shape index (κ3) is 4.09. The van der Waals surface area contributed by atoms with Gasteiger partial charge in [-0.15, -0.1) is 0 Å². The standard InChI is InChI=1S/C16H16FNO2/c1-12(14-7-9-15(17)10-8-14)18-16(19)20-11-13-5-3-2-4-6-13/h2-10,12H,11H2,1H3,(H,18,19)/t12-/m0/s1. The van der Waals surface area contributed by atoms with Crippen LogP contribution >= 0.6 is 0 Å². The minimum absolute atomic E-state index is 0.225. The molecule has 4 heteroatoms. The highest BCUT2D eigenvalue weighted by Gasteiger charge is 2.10. The van der Waals surface area contributed by atoms with Crippen LogP contribution in [0.15, 0.2) is 54.6 Å². The van der Waals surface area contributed by atoms with Gasteiger partial charge in [0.25, 0.3) is 0 Å². The molecule has 3 nitrogen and oxygen atoms in total. The van der Waals surface area contributed by atoms with Gasteiger partial charge in [0, 0.05) is 0 Å². The highest BCUT2D eigenvalue weighted by molar-refractivity contribution is 5.67. The number of ether oxygens (including phenoxy) is 1. The van der Waals surface area contributed by atoms with E-state index in [9.17, 15) is 9.18 Å². The van der Waals surface area contributed by atoms with Gasteiger partial charge in [0.1, 0.15) is 12.4 Å². The summed E-state index contributed by atoms with van der Waals surface area (Å²) in [6.45, 7) is 2.04. The van der Waals surface area contributed by atoms with Crippen LogP contribution in [0.1, 0.15) is 24.1 Å². The smallest absolute Gasteiger partial charge is 0.407 e. The average molecular weight is 273 g/mol. The molecule has 2 rings (SSSR count). The molecule has 0 saturated carbocycles. The lowest BCUT2D eigenvalue weighted by Crippen LogP contribution is -2.27. The second-order valence-corrected chi connectivity index (χ2v) is 4.48. The third-order valence-corrected chi connectivity index (χ3v) is 2.92. The number of nitrogens with one attached hydrogen (secondary N) is 1. The Morgan fingerprint density at radius 2 is 1.80 bits per heavy atom. The van der Waals surface area contributed by atoms with Crippen molar-refractivity contribution in [2.75, 3.05) is 0 Å². The first kappa shape index (κ1) is 14.1. The average Bonchev–Trinajstić information content (AvgIpc) is 2.47. The van der Waals surface area contributed by atoms with E-state index in [4.69, 9.17) is 4.74 Å². The summed E-state index contributed by atoms with van der Waals surface area (Å²) in [5.74, 6) is -0.299. The molecule has 0 aliphatic carbocycles. The summed E-state index contributed by atoms with van der Waals surface area (Å²) in [6, 6.07) is 15.2. The summed E-state index contributed by atoms with van der Waals surface area (Å²) >= 11 is 0. The van der Waals surface area contributed by atoms with E-state index in [0.29, 0.717) is 0 Å². The van der Waals surface area contributed by atoms with Crippen LogP contribution in [0.4, 0.5) is 9.18 Å². The molecule has 0 unspecified atom stereocenters. The first-order valence-electron chi connectivity index (χ1n) is 6.38. The van der Waals surface area contributed by atoms with Gasteiger partial charge in [0.05, 0.1) is 6.04 Å². The van der Waals surface area contributed by atoms with Gasteiger partial charge < -0.3 is 10.1 Å². The van der Waals surface area contributed by atoms with Gasteiger partial charge in [-0.1, -0.05) is 42.5 Å². The predicted octanol–water partition coefficient (Wildman–Crippen LogP) is 3.81. The molecule has 0 fully saturated rings. The van der Waals surface area contributed by atoms with E-state index in [1.165, 1.54) is 12.1 Å². The summed E-state index contributed by atoms with van der Waals surface area (Å²) in [7, 11) is 0. The number of carbonyl (C=O) groups is 1. The Kier molecular flexibility index (Phi) is 4.71. The molecule has 0 radical (unpaired) electrons. The highest BCUT2D eigenvalue weighted by Crippen LogP contribution is 2.13. The van der Waals surface area contributed by atoms with Gasteiger partial charge in [-0.05, 0) is 30.2 Å². The molecule has 0 spiro atoms. The maximum Gasteiger partial charge on any atom is 0.407 e. The number of rotatable bonds is 4. The molecule has 20 heavy (non-hydrogen) atoms. The molecule has 2 aromatic carbocycles. The SMILES string of the molecule is C[C@H](NC(=O)OCc1ccccc1)c1ccc(F)cc1. The number of alkyl carbamates (subject to hydrolysis) is 1. The number of carbonyl (C=O) groups excluding carboxylic acids is 1. The van der Waals surface area contributed by atoms with E-state index in [0.717, 1.165) is 11.1 Å². The van der Waals surface area contributed by atoms with Crippen LogP contribution < -0.4 is 5.32 Å². The first-order chi connectivity index (χ1) is 9.65. The summed E-state index contributed by atoms with van der Waals surface area (Å²) in [4.78, 5) is 11.7. The van der Waals surface area contributed by atoms with Crippen LogP contribution in [-0.4, -0.2) is 6.09 Å². The van der Waals surface area contributed by atoms with Gasteiger partial charge in [-0.2, -0.15) is 0 Å². The molecule has 0 saturated heterocycles. The Hall–Kier alpha value is -2.36. The van der Waals surface area contributed by atoms with Gasteiger partial charge in [-0.25, -0.2) is 9.18 Å². The van der Waals surface area contributed by atoms with E-state index in [1.807, 2.05) is 37.3 Å². The number of halogens is 1. The van der Waals surface area contributed by atoms with Gasteiger partial charge in [-0.3, -0.25) is 0 Å². The van der Waals surface area contributed by atoms with Crippen LogP contribution in [0.25, 0.3) is 0 Å². The van der Waals surface area contributed by atoms with Crippen molar-refractivity contribution in [3.05, 3.63) is 71.5 Å². The second kappa shape index (κ2) is 6.70. The lowest BCUT2D eigenvalue weighted by atomic mass is 10.1. The fraction of sp³-hybridized carbons (Fsp3) is 0.188. The number of amides is 1. The van der Waals surface area contributed by atoms with Crippen LogP contribution in [-0.2, 0) is 11.3 Å². The van der Waals surface area contributed by atoms with Crippen LogP contribution in [0, 0.1) is 5.82 Å². The van der Waals surface area contributed by atoms with Crippen LogP contribution in [0.2, 0.25) is 0 Å². The predicted molar refractivity (Wildman–Crippen MR) is 74.6 cm³/mol. The van der Waals surface area contributed by atoms with E-state index in [2.05, 4.69) is 5.32 Å². The van der Waals surface area contributed by atoms with E-state index >= 15 is 0 Å². The van der Waals surface area contributed by atoms with Crippen molar-refractivity contribution >= 4 is 6.09 Å². The van der Waals surface area contributed by atoms with Crippen LogP contribution in [0.5, 0.6) is 0 Å². The van der Waals surface area contributed by atoms with E-state index < -0.39 is 6.09 Å². The second-order valence-electron chi connectivity index (χ2n) is 4.48. The molecule has 0 aliphatic rings. The largest absolute Gasteiger partial charge is 0.445 e. The van der Waals surface area contributed by atoms with Crippen molar-refractivity contribution in [2.24, 2.45) is 0 Å². The molecule has 1 N–H and O–H groups in total. The summed E-state index contributed by atoms with van der Waals surface area (Å²) in [5, 5.41) is 2.70. The molecule has 104 valence electrons. The van der Waals surface area contributed by atoms with Crippen LogP contribution in [0.3, 0.4) is 0 Å². The van der Waals surface area contributed by atoms with Crippen molar-refractivity contribution in [2.45, 2.75) is 19.6 Å². The van der Waals surface area contributed by atoms with Gasteiger partial charge >= 0.3 is 6.09 Å². The van der Waals surface area contributed by atoms with E-state index in [-0.39, 0.29) is 18.5 Å². The van der Waals surface area contributed by atoms with Gasteiger partial charge in [0.15, 0.2) is 0 Å². The van der Waals surface area contributed by atoms with Crippen molar-refractivity contribution in [1.82, 2.24) is 5.32 Å². The quantitative estimate of drug-likeness (QED) is 0.919. The maximum absolute atomic E-state index is 12.8. The topological polar surface area (TPSA) is 38.3 Å². The minimum Gasteiger partial charge on any atom is -0.445 e.